The van der Waals surface area contributed by atoms with E-state index in [1.54, 1.807) is 12.4 Å². The second-order valence-corrected chi connectivity index (χ2v) is 7.44. The molecule has 1 aromatic heterocycles. The van der Waals surface area contributed by atoms with E-state index in [9.17, 15) is 0 Å². The third kappa shape index (κ3) is 2.91. The van der Waals surface area contributed by atoms with E-state index < -0.39 is 0 Å². The molecular weight excluding hydrogens is 290 g/mol. The summed E-state index contributed by atoms with van der Waals surface area (Å²) in [5, 5.41) is 0. The molecule has 0 unspecified atom stereocenters. The van der Waals surface area contributed by atoms with Gasteiger partial charge in [-0.3, -0.25) is 0 Å². The number of nitrogens with two attached hydrogens (primary N) is 1. The van der Waals surface area contributed by atoms with Crippen LogP contribution in [0, 0.1) is 11.3 Å². The maximum atomic E-state index is 6.50. The Labute approximate surface area is 118 Å². The van der Waals surface area contributed by atoms with Crippen molar-refractivity contribution >= 4 is 15.9 Å². The largest absolute Gasteiger partial charge is 0.319 e. The highest BCUT2D eigenvalue weighted by Gasteiger charge is 2.38. The van der Waals surface area contributed by atoms with E-state index in [2.05, 4.69) is 46.7 Å². The summed E-state index contributed by atoms with van der Waals surface area (Å²) in [5.74, 6) is 1.54. The molecule has 1 aromatic rings. The molecule has 1 heterocycles. The van der Waals surface area contributed by atoms with Gasteiger partial charge >= 0.3 is 0 Å². The van der Waals surface area contributed by atoms with Crippen LogP contribution < -0.4 is 5.73 Å². The summed E-state index contributed by atoms with van der Waals surface area (Å²) < 4.78 is 0.901. The molecule has 0 spiro atoms. The number of hydrogen-bond donors (Lipinski definition) is 1. The quantitative estimate of drug-likeness (QED) is 0.861. The van der Waals surface area contributed by atoms with Crippen molar-refractivity contribution in [3.05, 3.63) is 22.7 Å². The molecule has 1 aliphatic carbocycles. The predicted molar refractivity (Wildman–Crippen MR) is 77.0 cm³/mol. The van der Waals surface area contributed by atoms with Gasteiger partial charge in [-0.1, -0.05) is 20.8 Å². The van der Waals surface area contributed by atoms with Gasteiger partial charge in [0.15, 0.2) is 0 Å². The molecule has 1 saturated carbocycles. The average Bonchev–Trinajstić information content (AvgIpc) is 2.29. The van der Waals surface area contributed by atoms with Gasteiger partial charge < -0.3 is 5.73 Å². The van der Waals surface area contributed by atoms with E-state index in [1.807, 2.05) is 0 Å². The van der Waals surface area contributed by atoms with Gasteiger partial charge in [0.05, 0.1) is 10.0 Å². The lowest BCUT2D eigenvalue weighted by Crippen LogP contribution is -2.43. The van der Waals surface area contributed by atoms with Crippen LogP contribution in [0.15, 0.2) is 16.9 Å². The van der Waals surface area contributed by atoms with Gasteiger partial charge in [0.1, 0.15) is 5.82 Å². The molecule has 100 valence electrons. The van der Waals surface area contributed by atoms with E-state index in [0.29, 0.717) is 5.41 Å². The lowest BCUT2D eigenvalue weighted by Gasteiger charge is -2.41. The Balaban J connectivity index is 2.10. The summed E-state index contributed by atoms with van der Waals surface area (Å²) in [6.07, 6.45) is 7.87. The van der Waals surface area contributed by atoms with Crippen LogP contribution in [0.1, 0.15) is 52.3 Å². The number of rotatable bonds is 1. The topological polar surface area (TPSA) is 51.8 Å². The Kier molecular flexibility index (Phi) is 3.79. The third-order valence-electron chi connectivity index (χ3n) is 4.17. The Hall–Kier alpha value is -0.480. The first-order valence-corrected chi connectivity index (χ1v) is 7.37. The first kappa shape index (κ1) is 13.9. The summed E-state index contributed by atoms with van der Waals surface area (Å²) in [4.78, 5) is 8.76. The maximum absolute atomic E-state index is 6.50. The van der Waals surface area contributed by atoms with Crippen molar-refractivity contribution in [2.45, 2.75) is 52.0 Å². The monoisotopic (exact) mass is 311 g/mol. The first-order chi connectivity index (χ1) is 8.31. The van der Waals surface area contributed by atoms with Crippen molar-refractivity contribution in [2.75, 3.05) is 0 Å². The smallest absolute Gasteiger partial charge is 0.148 e. The van der Waals surface area contributed by atoms with Gasteiger partial charge in [-0.25, -0.2) is 9.97 Å². The standard InChI is InChI=1S/C14H22BrN3/c1-13(2,3)10-4-6-14(16,7-5-10)12-17-8-11(15)9-18-12/h8-10H,4-7,16H2,1-3H3. The van der Waals surface area contributed by atoms with Crippen LogP contribution >= 0.6 is 15.9 Å². The molecule has 0 aromatic carbocycles. The fourth-order valence-corrected chi connectivity index (χ4v) is 3.00. The predicted octanol–water partition coefficient (Wildman–Crippen LogP) is 3.63. The number of hydrogen-bond acceptors (Lipinski definition) is 3. The number of aromatic nitrogens is 2. The minimum atomic E-state index is -0.331. The highest BCUT2D eigenvalue weighted by Crippen LogP contribution is 2.43. The summed E-state index contributed by atoms with van der Waals surface area (Å²) in [6.45, 7) is 6.95. The minimum absolute atomic E-state index is 0.331. The Bertz CT molecular complexity index is 400. The van der Waals surface area contributed by atoms with E-state index in [1.165, 1.54) is 12.8 Å². The summed E-state index contributed by atoms with van der Waals surface area (Å²) in [7, 11) is 0. The van der Waals surface area contributed by atoms with Gasteiger partial charge in [-0.2, -0.15) is 0 Å². The Morgan fingerprint density at radius 3 is 2.17 bits per heavy atom. The second kappa shape index (κ2) is 4.89. The Morgan fingerprint density at radius 2 is 1.72 bits per heavy atom. The van der Waals surface area contributed by atoms with Crippen LogP contribution in [0.25, 0.3) is 0 Å². The molecule has 0 radical (unpaired) electrons. The highest BCUT2D eigenvalue weighted by atomic mass is 79.9. The first-order valence-electron chi connectivity index (χ1n) is 6.58. The lowest BCUT2D eigenvalue weighted by atomic mass is 9.67. The summed E-state index contributed by atoms with van der Waals surface area (Å²) in [6, 6.07) is 0. The van der Waals surface area contributed by atoms with E-state index in [0.717, 1.165) is 29.1 Å². The highest BCUT2D eigenvalue weighted by molar-refractivity contribution is 9.10. The van der Waals surface area contributed by atoms with Gasteiger partial charge in [0, 0.05) is 12.4 Å². The van der Waals surface area contributed by atoms with Crippen LogP contribution in [-0.2, 0) is 5.54 Å². The summed E-state index contributed by atoms with van der Waals surface area (Å²) >= 11 is 3.36. The maximum Gasteiger partial charge on any atom is 0.148 e. The van der Waals surface area contributed by atoms with E-state index in [-0.39, 0.29) is 5.54 Å². The fraction of sp³-hybridized carbons (Fsp3) is 0.714. The van der Waals surface area contributed by atoms with Crippen LogP contribution in [-0.4, -0.2) is 9.97 Å². The van der Waals surface area contributed by atoms with Gasteiger partial charge in [-0.15, -0.1) is 0 Å². The molecule has 0 atom stereocenters. The molecule has 0 bridgehead atoms. The number of halogens is 1. The third-order valence-corrected chi connectivity index (χ3v) is 4.58. The van der Waals surface area contributed by atoms with Crippen molar-refractivity contribution in [1.29, 1.82) is 0 Å². The average molecular weight is 312 g/mol. The van der Waals surface area contributed by atoms with Crippen molar-refractivity contribution in [3.8, 4) is 0 Å². The van der Waals surface area contributed by atoms with Crippen LogP contribution in [0.5, 0.6) is 0 Å². The molecule has 2 rings (SSSR count). The minimum Gasteiger partial charge on any atom is -0.319 e. The van der Waals surface area contributed by atoms with Crippen molar-refractivity contribution < 1.29 is 0 Å². The van der Waals surface area contributed by atoms with Gasteiger partial charge in [-0.05, 0) is 52.9 Å². The molecular formula is C14H22BrN3. The van der Waals surface area contributed by atoms with Crippen molar-refractivity contribution in [2.24, 2.45) is 17.1 Å². The Morgan fingerprint density at radius 1 is 1.22 bits per heavy atom. The van der Waals surface area contributed by atoms with Crippen LogP contribution in [0.3, 0.4) is 0 Å². The number of nitrogens with zero attached hydrogens (tertiary/aromatic N) is 2. The fourth-order valence-electron chi connectivity index (χ4n) is 2.79. The van der Waals surface area contributed by atoms with Gasteiger partial charge in [0.2, 0.25) is 0 Å². The molecule has 0 aliphatic heterocycles. The molecule has 0 amide bonds. The zero-order chi connectivity index (χ0) is 13.4. The van der Waals surface area contributed by atoms with Crippen molar-refractivity contribution in [3.63, 3.8) is 0 Å². The van der Waals surface area contributed by atoms with E-state index >= 15 is 0 Å². The van der Waals surface area contributed by atoms with Crippen LogP contribution in [0.4, 0.5) is 0 Å². The second-order valence-electron chi connectivity index (χ2n) is 6.52. The van der Waals surface area contributed by atoms with Gasteiger partial charge in [0.25, 0.3) is 0 Å². The zero-order valence-corrected chi connectivity index (χ0v) is 13.0. The SMILES string of the molecule is CC(C)(C)C1CCC(N)(c2ncc(Br)cn2)CC1. The lowest BCUT2D eigenvalue weighted by molar-refractivity contribution is 0.130. The molecule has 18 heavy (non-hydrogen) atoms. The normalized spacial score (nSPS) is 29.3. The molecule has 0 saturated heterocycles. The van der Waals surface area contributed by atoms with Crippen LogP contribution in [0.2, 0.25) is 0 Å². The van der Waals surface area contributed by atoms with Crippen molar-refractivity contribution in [1.82, 2.24) is 9.97 Å². The molecule has 2 N–H and O–H groups in total. The molecule has 4 heteroatoms. The molecule has 1 fully saturated rings. The van der Waals surface area contributed by atoms with E-state index in [4.69, 9.17) is 5.73 Å². The molecule has 3 nitrogen and oxygen atoms in total. The zero-order valence-electron chi connectivity index (χ0n) is 11.4. The summed E-state index contributed by atoms with van der Waals surface area (Å²) in [5.41, 5.74) is 6.54. The molecule has 1 aliphatic rings.